The number of allylic oxidation sites excluding steroid dienone is 1. The van der Waals surface area contributed by atoms with Crippen LogP contribution in [-0.2, 0) is 0 Å². The monoisotopic (exact) mass is 192 g/mol. The van der Waals surface area contributed by atoms with Gasteiger partial charge in [0, 0.05) is 6.42 Å². The highest BCUT2D eigenvalue weighted by atomic mass is 28.3. The zero-order chi connectivity index (χ0) is 9.94. The molecule has 0 N–H and O–H groups in total. The van der Waals surface area contributed by atoms with Crippen LogP contribution in [0.1, 0.15) is 20.3 Å². The van der Waals surface area contributed by atoms with Gasteiger partial charge in [0.05, 0.1) is 0 Å². The van der Waals surface area contributed by atoms with Crippen molar-refractivity contribution in [3.63, 3.8) is 0 Å². The maximum atomic E-state index is 13.2. The van der Waals surface area contributed by atoms with Gasteiger partial charge in [-0.3, -0.25) is 0 Å². The van der Waals surface area contributed by atoms with Crippen molar-refractivity contribution in [2.45, 2.75) is 39.9 Å². The highest BCUT2D eigenvalue weighted by Gasteiger charge is 2.24. The van der Waals surface area contributed by atoms with Gasteiger partial charge in [-0.25, -0.2) is 8.78 Å². The van der Waals surface area contributed by atoms with Gasteiger partial charge in [-0.1, -0.05) is 33.5 Å². The number of halogens is 2. The molecule has 0 saturated heterocycles. The average Bonchev–Trinajstić information content (AvgIpc) is 1.82. The maximum absolute atomic E-state index is 13.2. The van der Waals surface area contributed by atoms with Gasteiger partial charge in [0.2, 0.25) is 0 Å². The van der Waals surface area contributed by atoms with Gasteiger partial charge < -0.3 is 0 Å². The van der Waals surface area contributed by atoms with E-state index in [9.17, 15) is 8.78 Å². The molecule has 0 atom stereocenters. The molecule has 0 heterocycles. The second kappa shape index (κ2) is 4.17. The van der Waals surface area contributed by atoms with E-state index in [0.29, 0.717) is 0 Å². The van der Waals surface area contributed by atoms with E-state index in [2.05, 4.69) is 0 Å². The molecule has 0 spiro atoms. The fourth-order valence-corrected chi connectivity index (χ4v) is 1.77. The number of rotatable bonds is 3. The molecule has 12 heavy (non-hydrogen) atoms. The molecule has 3 heteroatoms. The molecule has 0 rings (SSSR count). The van der Waals surface area contributed by atoms with Gasteiger partial charge >= 0.3 is 0 Å². The van der Waals surface area contributed by atoms with Crippen molar-refractivity contribution in [1.29, 1.82) is 0 Å². The van der Waals surface area contributed by atoms with Gasteiger partial charge in [-0.05, 0) is 5.92 Å². The molecule has 72 valence electrons. The zero-order valence-electron chi connectivity index (χ0n) is 8.54. The summed E-state index contributed by atoms with van der Waals surface area (Å²) in [6.45, 7) is 9.20. The highest BCUT2D eigenvalue weighted by Crippen LogP contribution is 2.24. The van der Waals surface area contributed by atoms with E-state index in [0.717, 1.165) is 0 Å². The second-order valence-electron chi connectivity index (χ2n) is 4.57. The smallest absolute Gasteiger partial charge is 0.127 e. The Balaban J connectivity index is 4.47. The van der Waals surface area contributed by atoms with Crippen LogP contribution in [0, 0.1) is 5.92 Å². The van der Waals surface area contributed by atoms with Crippen LogP contribution < -0.4 is 0 Å². The van der Waals surface area contributed by atoms with Crippen LogP contribution in [0.3, 0.4) is 0 Å². The lowest BCUT2D eigenvalue weighted by Gasteiger charge is -2.14. The molecule has 0 aromatic carbocycles. The van der Waals surface area contributed by atoms with Crippen LogP contribution >= 0.6 is 0 Å². The minimum Gasteiger partial charge on any atom is -0.215 e. The van der Waals surface area contributed by atoms with Gasteiger partial charge in [-0.15, -0.1) is 0 Å². The molecule has 0 fully saturated rings. The van der Waals surface area contributed by atoms with Crippen LogP contribution in [0.4, 0.5) is 8.78 Å². The summed E-state index contributed by atoms with van der Waals surface area (Å²) in [6.07, 6.45) is 0.232. The van der Waals surface area contributed by atoms with Crippen LogP contribution in [0.25, 0.3) is 0 Å². The van der Waals surface area contributed by atoms with E-state index >= 15 is 0 Å². The summed E-state index contributed by atoms with van der Waals surface area (Å²) < 4.78 is 26.3. The molecule has 0 aliphatic heterocycles. The summed E-state index contributed by atoms with van der Waals surface area (Å²) in [5, 5.41) is 0. The Morgan fingerprint density at radius 3 is 1.83 bits per heavy atom. The molecule has 0 bridgehead atoms. The summed E-state index contributed by atoms with van der Waals surface area (Å²) >= 11 is 0. The predicted octanol–water partition coefficient (Wildman–Crippen LogP) is 4.06. The Morgan fingerprint density at radius 1 is 1.17 bits per heavy atom. The van der Waals surface area contributed by atoms with Crippen molar-refractivity contribution in [3.8, 4) is 0 Å². The summed E-state index contributed by atoms with van der Waals surface area (Å²) in [6, 6.07) is 0. The molecular formula is C9H18F2Si. The summed E-state index contributed by atoms with van der Waals surface area (Å²) in [5.41, 5.74) is -0.476. The van der Waals surface area contributed by atoms with Crippen molar-refractivity contribution in [3.05, 3.63) is 11.3 Å². The molecule has 0 aliphatic rings. The Bertz CT molecular complexity index is 177. The van der Waals surface area contributed by atoms with E-state index in [1.54, 1.807) is 0 Å². The fraction of sp³-hybridized carbons (Fsp3) is 0.778. The topological polar surface area (TPSA) is 0 Å². The molecule has 0 saturated carbocycles. The first-order chi connectivity index (χ1) is 5.25. The number of hydrogen-bond acceptors (Lipinski definition) is 0. The molecule has 0 nitrogen and oxygen atoms in total. The van der Waals surface area contributed by atoms with Crippen LogP contribution in [0.15, 0.2) is 11.3 Å². The average molecular weight is 192 g/mol. The quantitative estimate of drug-likeness (QED) is 0.591. The van der Waals surface area contributed by atoms with Crippen molar-refractivity contribution in [2.75, 3.05) is 0 Å². The normalized spacial score (nSPS) is 15.0. The third-order valence-electron chi connectivity index (χ3n) is 1.48. The van der Waals surface area contributed by atoms with E-state index in [1.165, 1.54) is 0 Å². The van der Waals surface area contributed by atoms with Gasteiger partial charge in [-0.2, -0.15) is 0 Å². The lowest BCUT2D eigenvalue weighted by molar-refractivity contribution is 0.481. The largest absolute Gasteiger partial charge is 0.215 e. The Kier molecular flexibility index (Phi) is 4.10. The SMILES string of the molecule is CC(C)C/C(F)=C(\F)[Si](C)(C)C. The van der Waals surface area contributed by atoms with Gasteiger partial charge in [0.1, 0.15) is 19.4 Å². The maximum Gasteiger partial charge on any atom is 0.127 e. The lowest BCUT2D eigenvalue weighted by atomic mass is 10.1. The van der Waals surface area contributed by atoms with E-state index in [-0.39, 0.29) is 12.3 Å². The van der Waals surface area contributed by atoms with Crippen molar-refractivity contribution in [1.82, 2.24) is 0 Å². The Labute approximate surface area is 74.7 Å². The Morgan fingerprint density at radius 2 is 1.58 bits per heavy atom. The van der Waals surface area contributed by atoms with E-state index in [4.69, 9.17) is 0 Å². The molecule has 0 unspecified atom stereocenters. The van der Waals surface area contributed by atoms with Crippen LogP contribution in [-0.4, -0.2) is 8.07 Å². The first-order valence-corrected chi connectivity index (χ1v) is 7.79. The van der Waals surface area contributed by atoms with Crippen LogP contribution in [0.2, 0.25) is 19.6 Å². The fourth-order valence-electron chi connectivity index (χ4n) is 0.855. The van der Waals surface area contributed by atoms with Crippen molar-refractivity contribution in [2.24, 2.45) is 5.92 Å². The Hall–Kier alpha value is -0.183. The van der Waals surface area contributed by atoms with Crippen molar-refractivity contribution < 1.29 is 8.78 Å². The molecule has 0 amide bonds. The third kappa shape index (κ3) is 4.00. The van der Waals surface area contributed by atoms with E-state index < -0.39 is 19.4 Å². The predicted molar refractivity (Wildman–Crippen MR) is 52.0 cm³/mol. The molecule has 0 aromatic heterocycles. The van der Waals surface area contributed by atoms with Gasteiger partial charge in [0.25, 0.3) is 0 Å². The van der Waals surface area contributed by atoms with E-state index in [1.807, 2.05) is 33.5 Å². The van der Waals surface area contributed by atoms with Crippen LogP contribution in [0.5, 0.6) is 0 Å². The molecule has 0 aromatic rings. The molecular weight excluding hydrogens is 174 g/mol. The summed E-state index contributed by atoms with van der Waals surface area (Å²) in [4.78, 5) is 0. The summed E-state index contributed by atoms with van der Waals surface area (Å²) in [5.74, 6) is -0.351. The minimum atomic E-state index is -2.05. The standard InChI is InChI=1S/C9H18F2Si/c1-7(2)6-8(10)9(11)12(3,4)5/h7H,6H2,1-5H3/b9-8-. The number of hydrogen-bond donors (Lipinski definition) is 0. The minimum absolute atomic E-state index is 0.187. The first kappa shape index (κ1) is 11.8. The first-order valence-electron chi connectivity index (χ1n) is 4.29. The molecule has 0 aliphatic carbocycles. The summed E-state index contributed by atoms with van der Waals surface area (Å²) in [7, 11) is -2.05. The second-order valence-corrected chi connectivity index (χ2v) is 9.51. The zero-order valence-corrected chi connectivity index (χ0v) is 9.54. The highest BCUT2D eigenvalue weighted by molar-refractivity contribution is 6.82. The molecule has 0 radical (unpaired) electrons. The van der Waals surface area contributed by atoms with Gasteiger partial charge in [0.15, 0.2) is 0 Å². The lowest BCUT2D eigenvalue weighted by Crippen LogP contribution is -2.22. The third-order valence-corrected chi connectivity index (χ3v) is 3.07. The van der Waals surface area contributed by atoms with Crippen molar-refractivity contribution >= 4 is 8.07 Å².